The molecule has 25 heavy (non-hydrogen) atoms. The molecule has 138 valence electrons. The highest BCUT2D eigenvalue weighted by Gasteiger charge is 2.22. The predicted octanol–water partition coefficient (Wildman–Crippen LogP) is 3.35. The maximum absolute atomic E-state index is 12.9. The van der Waals surface area contributed by atoms with Gasteiger partial charge in [0.2, 0.25) is 0 Å². The van der Waals surface area contributed by atoms with Crippen LogP contribution < -0.4 is 4.74 Å². The zero-order valence-corrected chi connectivity index (χ0v) is 15.6. The third kappa shape index (κ3) is 4.94. The lowest BCUT2D eigenvalue weighted by Crippen LogP contribution is -2.37. The molecule has 2 heterocycles. The highest BCUT2D eigenvalue weighted by Crippen LogP contribution is 2.23. The van der Waals surface area contributed by atoms with Crippen LogP contribution in [0.25, 0.3) is 0 Å². The van der Waals surface area contributed by atoms with Crippen molar-refractivity contribution in [1.82, 2.24) is 14.8 Å². The third-order valence-electron chi connectivity index (χ3n) is 5.36. The lowest BCUT2D eigenvalue weighted by molar-refractivity contribution is 0.0757. The van der Waals surface area contributed by atoms with E-state index in [4.69, 9.17) is 4.74 Å². The number of carbonyl (C=O) groups is 1. The van der Waals surface area contributed by atoms with Crippen LogP contribution >= 0.6 is 0 Å². The summed E-state index contributed by atoms with van der Waals surface area (Å²) in [7, 11) is 0. The summed E-state index contributed by atoms with van der Waals surface area (Å²) in [6.07, 6.45) is 10.7. The largest absolute Gasteiger partial charge is 0.489 e. The van der Waals surface area contributed by atoms with Crippen molar-refractivity contribution in [3.05, 3.63) is 24.0 Å². The highest BCUT2D eigenvalue weighted by molar-refractivity contribution is 5.94. The van der Waals surface area contributed by atoms with E-state index in [9.17, 15) is 4.79 Å². The number of hydrogen-bond acceptors (Lipinski definition) is 4. The average molecular weight is 345 g/mol. The first kappa shape index (κ1) is 18.2. The van der Waals surface area contributed by atoms with Gasteiger partial charge >= 0.3 is 0 Å². The van der Waals surface area contributed by atoms with Gasteiger partial charge in [-0.1, -0.05) is 6.42 Å². The number of pyridine rings is 1. The minimum absolute atomic E-state index is 0.0761. The molecule has 0 bridgehead atoms. The Bertz CT molecular complexity index is 570. The molecule has 1 aromatic heterocycles. The van der Waals surface area contributed by atoms with Gasteiger partial charge in [0, 0.05) is 38.4 Å². The molecule has 3 rings (SSSR count). The van der Waals surface area contributed by atoms with Gasteiger partial charge in [0.25, 0.3) is 5.91 Å². The molecular formula is C20H31N3O2. The van der Waals surface area contributed by atoms with Crippen molar-refractivity contribution in [2.24, 2.45) is 0 Å². The molecule has 1 saturated carbocycles. The molecule has 2 aliphatic rings. The molecular weight excluding hydrogens is 314 g/mol. The van der Waals surface area contributed by atoms with Crippen molar-refractivity contribution in [2.45, 2.75) is 64.5 Å². The van der Waals surface area contributed by atoms with Crippen LogP contribution in [0.2, 0.25) is 0 Å². The van der Waals surface area contributed by atoms with Crippen molar-refractivity contribution in [3.63, 3.8) is 0 Å². The fourth-order valence-corrected chi connectivity index (χ4v) is 3.82. The van der Waals surface area contributed by atoms with Crippen LogP contribution in [0.3, 0.4) is 0 Å². The standard InChI is InChI=1S/C20H31N3O2/c1-16(2)22-9-6-10-23(12-11-22)20(24)17-13-19(15-21-14-17)25-18-7-4-3-5-8-18/h13-16,18H,3-12H2,1-2H3. The number of hydrogen-bond donors (Lipinski definition) is 0. The first-order valence-electron chi connectivity index (χ1n) is 9.78. The summed E-state index contributed by atoms with van der Waals surface area (Å²) in [4.78, 5) is 21.5. The van der Waals surface area contributed by atoms with Crippen LogP contribution in [0.1, 0.15) is 62.7 Å². The van der Waals surface area contributed by atoms with Gasteiger partial charge in [-0.2, -0.15) is 0 Å². The Balaban J connectivity index is 1.62. The molecule has 1 aliphatic heterocycles. The van der Waals surface area contributed by atoms with E-state index >= 15 is 0 Å². The molecule has 1 aromatic rings. The lowest BCUT2D eigenvalue weighted by atomic mass is 9.98. The summed E-state index contributed by atoms with van der Waals surface area (Å²) in [6, 6.07) is 2.40. The number of rotatable bonds is 4. The van der Waals surface area contributed by atoms with Crippen molar-refractivity contribution in [2.75, 3.05) is 26.2 Å². The predicted molar refractivity (Wildman–Crippen MR) is 99.0 cm³/mol. The monoisotopic (exact) mass is 345 g/mol. The Kier molecular flexibility index (Phi) is 6.29. The smallest absolute Gasteiger partial charge is 0.255 e. The van der Waals surface area contributed by atoms with E-state index in [0.29, 0.717) is 11.6 Å². The summed E-state index contributed by atoms with van der Waals surface area (Å²) in [5.74, 6) is 0.809. The summed E-state index contributed by atoms with van der Waals surface area (Å²) in [5, 5.41) is 0. The lowest BCUT2D eigenvalue weighted by Gasteiger charge is -2.25. The molecule has 0 spiro atoms. The van der Waals surface area contributed by atoms with E-state index in [-0.39, 0.29) is 12.0 Å². The van der Waals surface area contributed by atoms with Gasteiger partial charge in [-0.05, 0) is 52.0 Å². The van der Waals surface area contributed by atoms with Crippen molar-refractivity contribution >= 4 is 5.91 Å². The number of carbonyl (C=O) groups excluding carboxylic acids is 1. The van der Waals surface area contributed by atoms with Gasteiger partial charge in [0.15, 0.2) is 0 Å². The number of amides is 1. The molecule has 5 heteroatoms. The second-order valence-electron chi connectivity index (χ2n) is 7.56. The van der Waals surface area contributed by atoms with E-state index < -0.39 is 0 Å². The molecule has 1 amide bonds. The fraction of sp³-hybridized carbons (Fsp3) is 0.700. The van der Waals surface area contributed by atoms with Gasteiger partial charge < -0.3 is 9.64 Å². The maximum Gasteiger partial charge on any atom is 0.255 e. The second kappa shape index (κ2) is 8.65. The Morgan fingerprint density at radius 3 is 2.64 bits per heavy atom. The molecule has 1 saturated heterocycles. The first-order chi connectivity index (χ1) is 12.1. The summed E-state index contributed by atoms with van der Waals surface area (Å²) >= 11 is 0. The molecule has 0 N–H and O–H groups in total. The molecule has 0 atom stereocenters. The van der Waals surface area contributed by atoms with Crippen molar-refractivity contribution < 1.29 is 9.53 Å². The minimum Gasteiger partial charge on any atom is -0.489 e. The average Bonchev–Trinajstić information content (AvgIpc) is 2.88. The van der Waals surface area contributed by atoms with Gasteiger partial charge in [-0.3, -0.25) is 14.7 Å². The quantitative estimate of drug-likeness (QED) is 0.839. The minimum atomic E-state index is 0.0761. The van der Waals surface area contributed by atoms with E-state index in [1.807, 2.05) is 11.0 Å². The highest BCUT2D eigenvalue weighted by atomic mass is 16.5. The topological polar surface area (TPSA) is 45.7 Å². The van der Waals surface area contributed by atoms with Crippen LogP contribution in [0, 0.1) is 0 Å². The summed E-state index contributed by atoms with van der Waals surface area (Å²) in [6.45, 7) is 8.03. The van der Waals surface area contributed by atoms with Crippen LogP contribution in [0.5, 0.6) is 5.75 Å². The van der Waals surface area contributed by atoms with E-state index in [1.165, 1.54) is 19.3 Å². The van der Waals surface area contributed by atoms with Crippen LogP contribution in [-0.2, 0) is 0 Å². The molecule has 0 radical (unpaired) electrons. The molecule has 5 nitrogen and oxygen atoms in total. The maximum atomic E-state index is 12.9. The zero-order valence-electron chi connectivity index (χ0n) is 15.6. The number of aromatic nitrogens is 1. The van der Waals surface area contributed by atoms with Crippen LogP contribution in [0.4, 0.5) is 0 Å². The second-order valence-corrected chi connectivity index (χ2v) is 7.56. The van der Waals surface area contributed by atoms with Crippen LogP contribution in [-0.4, -0.2) is 59.0 Å². The third-order valence-corrected chi connectivity index (χ3v) is 5.36. The summed E-state index contributed by atoms with van der Waals surface area (Å²) in [5.41, 5.74) is 0.645. The van der Waals surface area contributed by atoms with E-state index in [2.05, 4.69) is 23.7 Å². The number of ether oxygens (including phenoxy) is 1. The fourth-order valence-electron chi connectivity index (χ4n) is 3.82. The molecule has 0 aromatic carbocycles. The SMILES string of the molecule is CC(C)N1CCCN(C(=O)c2cncc(OC3CCCCC3)c2)CC1. The van der Waals surface area contributed by atoms with E-state index in [0.717, 1.165) is 51.2 Å². The van der Waals surface area contributed by atoms with Gasteiger partial charge in [0.1, 0.15) is 5.75 Å². The van der Waals surface area contributed by atoms with Crippen molar-refractivity contribution in [1.29, 1.82) is 0 Å². The number of nitrogens with zero attached hydrogens (tertiary/aromatic N) is 3. The van der Waals surface area contributed by atoms with Gasteiger partial charge in [0.05, 0.1) is 17.9 Å². The van der Waals surface area contributed by atoms with Gasteiger partial charge in [-0.15, -0.1) is 0 Å². The Morgan fingerprint density at radius 1 is 1.08 bits per heavy atom. The zero-order chi connectivity index (χ0) is 17.6. The van der Waals surface area contributed by atoms with E-state index in [1.54, 1.807) is 12.4 Å². The van der Waals surface area contributed by atoms with Crippen molar-refractivity contribution in [3.8, 4) is 5.75 Å². The summed E-state index contributed by atoms with van der Waals surface area (Å²) < 4.78 is 6.07. The van der Waals surface area contributed by atoms with Gasteiger partial charge in [-0.25, -0.2) is 0 Å². The van der Waals surface area contributed by atoms with Crippen LogP contribution in [0.15, 0.2) is 18.5 Å². The Hall–Kier alpha value is -1.62. The Labute approximate surface area is 151 Å². The molecule has 2 fully saturated rings. The molecule has 0 unspecified atom stereocenters. The Morgan fingerprint density at radius 2 is 1.88 bits per heavy atom. The normalized spacial score (nSPS) is 20.5. The first-order valence-corrected chi connectivity index (χ1v) is 9.78. The molecule has 1 aliphatic carbocycles.